The molecule has 78 valence electrons. The van der Waals surface area contributed by atoms with Crippen molar-refractivity contribution < 1.29 is 5.11 Å². The van der Waals surface area contributed by atoms with Gasteiger partial charge in [-0.3, -0.25) is 0 Å². The van der Waals surface area contributed by atoms with E-state index in [1.165, 1.54) is 0 Å². The van der Waals surface area contributed by atoms with Crippen LogP contribution >= 0.6 is 0 Å². The number of hydrogen-bond acceptors (Lipinski definition) is 2. The molecule has 15 heavy (non-hydrogen) atoms. The average molecular weight is 201 g/mol. The molecule has 0 unspecified atom stereocenters. The van der Waals surface area contributed by atoms with Crippen molar-refractivity contribution in [1.82, 2.24) is 0 Å². The molecule has 2 nitrogen and oxygen atoms in total. The summed E-state index contributed by atoms with van der Waals surface area (Å²) in [4.78, 5) is 0. The minimum absolute atomic E-state index is 0.213. The highest BCUT2D eigenvalue weighted by atomic mass is 16.3. The van der Waals surface area contributed by atoms with Crippen LogP contribution < -0.4 is 0 Å². The fourth-order valence-corrected chi connectivity index (χ4v) is 2.32. The zero-order chi connectivity index (χ0) is 10.7. The molecule has 2 rings (SSSR count). The number of nitriles is 1. The van der Waals surface area contributed by atoms with Crippen LogP contribution in [0, 0.1) is 11.3 Å². The Morgan fingerprint density at radius 1 is 1.20 bits per heavy atom. The van der Waals surface area contributed by atoms with E-state index < -0.39 is 0 Å². The minimum Gasteiger partial charge on any atom is -0.393 e. The molecular formula is C13H15NO. The van der Waals surface area contributed by atoms with E-state index in [4.69, 9.17) is 0 Å². The summed E-state index contributed by atoms with van der Waals surface area (Å²) in [5.41, 5.74) is 0.736. The molecule has 1 aliphatic carbocycles. The third-order valence-electron chi connectivity index (χ3n) is 3.35. The molecule has 1 aromatic carbocycles. The summed E-state index contributed by atoms with van der Waals surface area (Å²) in [6.07, 6.45) is 2.81. The van der Waals surface area contributed by atoms with Crippen molar-refractivity contribution in [2.45, 2.75) is 37.2 Å². The highest BCUT2D eigenvalue weighted by Gasteiger charge is 2.36. The second kappa shape index (κ2) is 4.04. The maximum atomic E-state index is 9.47. The van der Waals surface area contributed by atoms with Crippen molar-refractivity contribution in [2.24, 2.45) is 0 Å². The summed E-state index contributed by atoms with van der Waals surface area (Å²) in [6.45, 7) is 0. The first-order valence-corrected chi connectivity index (χ1v) is 5.42. The first kappa shape index (κ1) is 10.2. The van der Waals surface area contributed by atoms with Crippen LogP contribution in [0.4, 0.5) is 0 Å². The number of nitrogens with zero attached hydrogens (tertiary/aromatic N) is 1. The Balaban J connectivity index is 2.28. The van der Waals surface area contributed by atoms with Gasteiger partial charge in [0, 0.05) is 0 Å². The molecule has 1 aliphatic rings. The minimum atomic E-state index is -0.361. The fourth-order valence-electron chi connectivity index (χ4n) is 2.32. The fraction of sp³-hybridized carbons (Fsp3) is 0.462. The van der Waals surface area contributed by atoms with E-state index in [1.807, 2.05) is 30.3 Å². The Morgan fingerprint density at radius 3 is 2.33 bits per heavy atom. The van der Waals surface area contributed by atoms with Gasteiger partial charge >= 0.3 is 0 Å². The van der Waals surface area contributed by atoms with Crippen molar-refractivity contribution in [3.63, 3.8) is 0 Å². The number of aliphatic hydroxyl groups excluding tert-OH is 1. The van der Waals surface area contributed by atoms with Gasteiger partial charge in [0.25, 0.3) is 0 Å². The van der Waals surface area contributed by atoms with E-state index >= 15 is 0 Å². The summed E-state index contributed by atoms with van der Waals surface area (Å²) in [5.74, 6) is 0. The third kappa shape index (κ3) is 1.88. The van der Waals surface area contributed by atoms with Crippen LogP contribution in [0.5, 0.6) is 0 Å². The van der Waals surface area contributed by atoms with Gasteiger partial charge in [0.15, 0.2) is 0 Å². The predicted molar refractivity (Wildman–Crippen MR) is 58.2 cm³/mol. The van der Waals surface area contributed by atoms with Gasteiger partial charge in [0.1, 0.15) is 0 Å². The van der Waals surface area contributed by atoms with E-state index in [0.29, 0.717) is 0 Å². The predicted octanol–water partition coefficient (Wildman–Crippen LogP) is 2.38. The van der Waals surface area contributed by atoms with Gasteiger partial charge in [-0.15, -0.1) is 0 Å². The topological polar surface area (TPSA) is 44.0 Å². The smallest absolute Gasteiger partial charge is 0.0824 e. The second-order valence-corrected chi connectivity index (χ2v) is 4.29. The van der Waals surface area contributed by atoms with E-state index in [-0.39, 0.29) is 11.5 Å². The highest BCUT2D eigenvalue weighted by molar-refractivity contribution is 5.32. The van der Waals surface area contributed by atoms with Crippen LogP contribution in [-0.2, 0) is 5.41 Å². The molecule has 1 aromatic rings. The van der Waals surface area contributed by atoms with Gasteiger partial charge in [0.2, 0.25) is 0 Å². The van der Waals surface area contributed by atoms with Crippen LogP contribution in [0.3, 0.4) is 0 Å². The zero-order valence-corrected chi connectivity index (χ0v) is 8.69. The molecule has 0 spiro atoms. The molecule has 0 radical (unpaired) electrons. The van der Waals surface area contributed by atoms with Crippen molar-refractivity contribution in [3.05, 3.63) is 35.9 Å². The summed E-state index contributed by atoms with van der Waals surface area (Å²) >= 11 is 0. The standard InChI is InChI=1S/C13H15NO/c14-10-13(8-6-12(15)7-9-13)11-4-2-1-3-5-11/h1-5,12,15H,6-9H2. The number of hydrogen-bond donors (Lipinski definition) is 1. The lowest BCUT2D eigenvalue weighted by molar-refractivity contribution is 0.109. The quantitative estimate of drug-likeness (QED) is 0.758. The molecule has 0 atom stereocenters. The molecule has 0 heterocycles. The van der Waals surface area contributed by atoms with Gasteiger partial charge in [-0.1, -0.05) is 30.3 Å². The summed E-state index contributed by atoms with van der Waals surface area (Å²) in [7, 11) is 0. The first-order chi connectivity index (χ1) is 7.27. The van der Waals surface area contributed by atoms with Crippen molar-refractivity contribution in [3.8, 4) is 6.07 Å². The largest absolute Gasteiger partial charge is 0.393 e. The summed E-state index contributed by atoms with van der Waals surface area (Å²) in [6, 6.07) is 12.4. The molecule has 2 heteroatoms. The Labute approximate surface area is 90.2 Å². The van der Waals surface area contributed by atoms with Crippen LogP contribution in [0.2, 0.25) is 0 Å². The average Bonchev–Trinajstić information content (AvgIpc) is 2.32. The van der Waals surface area contributed by atoms with E-state index in [9.17, 15) is 10.4 Å². The number of benzene rings is 1. The van der Waals surface area contributed by atoms with E-state index in [1.54, 1.807) is 0 Å². The second-order valence-electron chi connectivity index (χ2n) is 4.29. The highest BCUT2D eigenvalue weighted by Crippen LogP contribution is 2.38. The Kier molecular flexibility index (Phi) is 2.75. The van der Waals surface area contributed by atoms with Crippen molar-refractivity contribution in [2.75, 3.05) is 0 Å². The van der Waals surface area contributed by atoms with Crippen LogP contribution in [-0.4, -0.2) is 11.2 Å². The molecular weight excluding hydrogens is 186 g/mol. The van der Waals surface area contributed by atoms with Gasteiger partial charge in [0.05, 0.1) is 17.6 Å². The number of aliphatic hydroxyl groups is 1. The molecule has 1 N–H and O–H groups in total. The molecule has 1 saturated carbocycles. The summed E-state index contributed by atoms with van der Waals surface area (Å²) in [5, 5.41) is 18.8. The van der Waals surface area contributed by atoms with Gasteiger partial charge < -0.3 is 5.11 Å². The Morgan fingerprint density at radius 2 is 1.80 bits per heavy atom. The van der Waals surface area contributed by atoms with Crippen LogP contribution in [0.15, 0.2) is 30.3 Å². The Bertz CT molecular complexity index is 358. The maximum Gasteiger partial charge on any atom is 0.0824 e. The van der Waals surface area contributed by atoms with Crippen LogP contribution in [0.25, 0.3) is 0 Å². The van der Waals surface area contributed by atoms with Crippen molar-refractivity contribution >= 4 is 0 Å². The monoisotopic (exact) mass is 201 g/mol. The number of rotatable bonds is 1. The maximum absolute atomic E-state index is 9.47. The third-order valence-corrected chi connectivity index (χ3v) is 3.35. The van der Waals surface area contributed by atoms with Gasteiger partial charge in [-0.2, -0.15) is 5.26 Å². The van der Waals surface area contributed by atoms with Gasteiger partial charge in [-0.25, -0.2) is 0 Å². The lowest BCUT2D eigenvalue weighted by Gasteiger charge is -2.33. The molecule has 0 saturated heterocycles. The van der Waals surface area contributed by atoms with E-state index in [0.717, 1.165) is 31.2 Å². The van der Waals surface area contributed by atoms with Gasteiger partial charge in [-0.05, 0) is 31.2 Å². The molecule has 0 aromatic heterocycles. The lowest BCUT2D eigenvalue weighted by atomic mass is 9.70. The first-order valence-electron chi connectivity index (χ1n) is 5.42. The summed E-state index contributed by atoms with van der Waals surface area (Å²) < 4.78 is 0. The lowest BCUT2D eigenvalue weighted by Crippen LogP contribution is -2.32. The molecule has 0 bridgehead atoms. The normalized spacial score (nSPS) is 30.8. The molecule has 1 fully saturated rings. The Hall–Kier alpha value is -1.33. The molecule has 0 amide bonds. The van der Waals surface area contributed by atoms with Crippen LogP contribution in [0.1, 0.15) is 31.2 Å². The SMILES string of the molecule is N#CC1(c2ccccc2)CCC(O)CC1. The zero-order valence-electron chi connectivity index (χ0n) is 8.69. The van der Waals surface area contributed by atoms with Crippen molar-refractivity contribution in [1.29, 1.82) is 5.26 Å². The van der Waals surface area contributed by atoms with E-state index in [2.05, 4.69) is 6.07 Å². The molecule has 0 aliphatic heterocycles.